The number of alkyl carbamates (subject to hydrolysis) is 1. The van der Waals surface area contributed by atoms with Crippen molar-refractivity contribution in [2.75, 3.05) is 20.3 Å². The SMILES string of the molecule is COCC(C)[C@H](CC(=O)O)NC(=O)OCC1c2ccccc2-c2ccccc21. The predicted molar refractivity (Wildman–Crippen MR) is 105 cm³/mol. The first-order valence-corrected chi connectivity index (χ1v) is 9.33. The van der Waals surface area contributed by atoms with E-state index < -0.39 is 18.1 Å². The molecular weight excluding hydrogens is 358 g/mol. The second kappa shape index (κ2) is 8.89. The van der Waals surface area contributed by atoms with E-state index in [0.717, 1.165) is 22.3 Å². The molecule has 0 aliphatic heterocycles. The Labute approximate surface area is 164 Å². The summed E-state index contributed by atoms with van der Waals surface area (Å²) in [5.74, 6) is -1.17. The highest BCUT2D eigenvalue weighted by atomic mass is 16.5. The number of methoxy groups -OCH3 is 1. The number of nitrogens with one attached hydrogen (secondary N) is 1. The normalized spacial score (nSPS) is 14.6. The summed E-state index contributed by atoms with van der Waals surface area (Å²) in [6.07, 6.45) is -0.801. The maximum atomic E-state index is 12.4. The third-order valence-corrected chi connectivity index (χ3v) is 5.16. The van der Waals surface area contributed by atoms with Crippen molar-refractivity contribution in [3.8, 4) is 11.1 Å². The molecule has 148 valence electrons. The highest BCUT2D eigenvalue weighted by Crippen LogP contribution is 2.44. The Hall–Kier alpha value is -2.86. The molecule has 2 aromatic rings. The number of hydrogen-bond donors (Lipinski definition) is 2. The molecule has 0 fully saturated rings. The van der Waals surface area contributed by atoms with E-state index >= 15 is 0 Å². The van der Waals surface area contributed by atoms with Crippen molar-refractivity contribution in [1.82, 2.24) is 5.32 Å². The van der Waals surface area contributed by atoms with Crippen LogP contribution < -0.4 is 5.32 Å². The maximum absolute atomic E-state index is 12.4. The molecule has 0 bridgehead atoms. The fourth-order valence-corrected chi connectivity index (χ4v) is 3.75. The van der Waals surface area contributed by atoms with Crippen molar-refractivity contribution in [2.24, 2.45) is 5.92 Å². The zero-order valence-corrected chi connectivity index (χ0v) is 16.1. The first-order valence-electron chi connectivity index (χ1n) is 9.33. The number of carbonyl (C=O) groups is 2. The van der Waals surface area contributed by atoms with Crippen LogP contribution in [-0.4, -0.2) is 43.5 Å². The van der Waals surface area contributed by atoms with Gasteiger partial charge < -0.3 is 19.9 Å². The Morgan fingerprint density at radius 3 is 2.18 bits per heavy atom. The number of aliphatic carboxylic acids is 1. The minimum atomic E-state index is -0.980. The summed E-state index contributed by atoms with van der Waals surface area (Å²) in [7, 11) is 1.54. The minimum Gasteiger partial charge on any atom is -0.481 e. The van der Waals surface area contributed by atoms with Crippen LogP contribution in [0.5, 0.6) is 0 Å². The third-order valence-electron chi connectivity index (χ3n) is 5.16. The first kappa shape index (κ1) is 19.9. The Bertz CT molecular complexity index is 805. The number of hydrogen-bond acceptors (Lipinski definition) is 4. The highest BCUT2D eigenvalue weighted by Gasteiger charge is 2.30. The van der Waals surface area contributed by atoms with Crippen molar-refractivity contribution in [2.45, 2.75) is 25.3 Å². The standard InChI is InChI=1S/C22H25NO5/c1-14(12-27-2)20(11-21(24)25)23-22(26)28-13-19-17-9-5-3-7-15(17)16-8-4-6-10-18(16)19/h3-10,14,19-20H,11-13H2,1-2H3,(H,23,26)(H,24,25)/t14?,20-/m0/s1. The van der Waals surface area contributed by atoms with Crippen molar-refractivity contribution in [3.05, 3.63) is 59.7 Å². The molecule has 0 heterocycles. The number of fused-ring (bicyclic) bond motifs is 3. The molecule has 2 aromatic carbocycles. The molecule has 6 nitrogen and oxygen atoms in total. The molecule has 0 saturated heterocycles. The van der Waals surface area contributed by atoms with Crippen LogP contribution in [0.4, 0.5) is 4.79 Å². The lowest BCUT2D eigenvalue weighted by atomic mass is 9.98. The van der Waals surface area contributed by atoms with Crippen LogP contribution in [0.2, 0.25) is 0 Å². The van der Waals surface area contributed by atoms with Gasteiger partial charge in [0, 0.05) is 25.0 Å². The molecule has 2 atom stereocenters. The van der Waals surface area contributed by atoms with Gasteiger partial charge in [0.2, 0.25) is 0 Å². The second-order valence-electron chi connectivity index (χ2n) is 7.11. The van der Waals surface area contributed by atoms with Crippen LogP contribution in [0, 0.1) is 5.92 Å². The fourth-order valence-electron chi connectivity index (χ4n) is 3.75. The Morgan fingerprint density at radius 2 is 1.64 bits per heavy atom. The first-order chi connectivity index (χ1) is 13.5. The van der Waals surface area contributed by atoms with E-state index in [2.05, 4.69) is 29.6 Å². The Kier molecular flexibility index (Phi) is 6.31. The molecule has 2 N–H and O–H groups in total. The smallest absolute Gasteiger partial charge is 0.407 e. The van der Waals surface area contributed by atoms with Gasteiger partial charge in [0.15, 0.2) is 0 Å². The van der Waals surface area contributed by atoms with Crippen LogP contribution in [0.15, 0.2) is 48.5 Å². The van der Waals surface area contributed by atoms with Crippen LogP contribution in [-0.2, 0) is 14.3 Å². The van der Waals surface area contributed by atoms with E-state index in [1.165, 1.54) is 0 Å². The van der Waals surface area contributed by atoms with Crippen LogP contribution in [0.25, 0.3) is 11.1 Å². The number of amides is 1. The fraction of sp³-hybridized carbons (Fsp3) is 0.364. The largest absolute Gasteiger partial charge is 0.481 e. The lowest BCUT2D eigenvalue weighted by Gasteiger charge is -2.23. The van der Waals surface area contributed by atoms with E-state index in [1.54, 1.807) is 7.11 Å². The summed E-state index contributed by atoms with van der Waals surface area (Å²) in [5, 5.41) is 11.8. The van der Waals surface area contributed by atoms with Crippen molar-refractivity contribution in [1.29, 1.82) is 0 Å². The highest BCUT2D eigenvalue weighted by molar-refractivity contribution is 5.79. The molecule has 0 saturated carbocycles. The van der Waals surface area contributed by atoms with Gasteiger partial charge in [0.05, 0.1) is 13.0 Å². The lowest BCUT2D eigenvalue weighted by Crippen LogP contribution is -2.42. The third kappa shape index (κ3) is 4.34. The average Bonchev–Trinajstić information content (AvgIpc) is 3.00. The van der Waals surface area contributed by atoms with E-state index in [0.29, 0.717) is 6.61 Å². The van der Waals surface area contributed by atoms with Gasteiger partial charge in [-0.2, -0.15) is 0 Å². The quantitative estimate of drug-likeness (QED) is 0.727. The average molecular weight is 383 g/mol. The van der Waals surface area contributed by atoms with Gasteiger partial charge in [-0.25, -0.2) is 4.79 Å². The van der Waals surface area contributed by atoms with Crippen LogP contribution >= 0.6 is 0 Å². The van der Waals surface area contributed by atoms with Gasteiger partial charge in [-0.3, -0.25) is 4.79 Å². The maximum Gasteiger partial charge on any atom is 0.407 e. The zero-order valence-electron chi connectivity index (χ0n) is 16.1. The monoisotopic (exact) mass is 383 g/mol. The van der Waals surface area contributed by atoms with Gasteiger partial charge in [-0.05, 0) is 22.3 Å². The van der Waals surface area contributed by atoms with Gasteiger partial charge in [0.25, 0.3) is 0 Å². The molecular formula is C22H25NO5. The van der Waals surface area contributed by atoms with Gasteiger partial charge in [-0.15, -0.1) is 0 Å². The van der Waals surface area contributed by atoms with Gasteiger partial charge >= 0.3 is 12.1 Å². The summed E-state index contributed by atoms with van der Waals surface area (Å²) in [6.45, 7) is 2.38. The zero-order chi connectivity index (χ0) is 20.1. The van der Waals surface area contributed by atoms with Gasteiger partial charge in [0.1, 0.15) is 6.61 Å². The van der Waals surface area contributed by atoms with Crippen LogP contribution in [0.3, 0.4) is 0 Å². The number of ether oxygens (including phenoxy) is 2. The second-order valence-corrected chi connectivity index (χ2v) is 7.11. The molecule has 0 radical (unpaired) electrons. The summed E-state index contributed by atoms with van der Waals surface area (Å²) in [5.41, 5.74) is 4.58. The molecule has 6 heteroatoms. The van der Waals surface area contributed by atoms with E-state index in [1.807, 2.05) is 31.2 Å². The molecule has 0 aromatic heterocycles. The van der Waals surface area contributed by atoms with Crippen molar-refractivity contribution in [3.63, 3.8) is 0 Å². The minimum absolute atomic E-state index is 0.0347. The van der Waals surface area contributed by atoms with Crippen molar-refractivity contribution >= 4 is 12.1 Å². The topological polar surface area (TPSA) is 84.9 Å². The molecule has 1 aliphatic carbocycles. The van der Waals surface area contributed by atoms with Crippen molar-refractivity contribution < 1.29 is 24.2 Å². The Morgan fingerprint density at radius 1 is 1.07 bits per heavy atom. The Balaban J connectivity index is 1.68. The molecule has 28 heavy (non-hydrogen) atoms. The molecule has 0 spiro atoms. The summed E-state index contributed by atoms with van der Waals surface area (Å²) >= 11 is 0. The summed E-state index contributed by atoms with van der Waals surface area (Å²) in [4.78, 5) is 23.5. The number of carbonyl (C=O) groups excluding carboxylic acids is 1. The predicted octanol–water partition coefficient (Wildman–Crippen LogP) is 3.65. The van der Waals surface area contributed by atoms with Crippen LogP contribution in [0.1, 0.15) is 30.4 Å². The number of carboxylic acid groups (broad SMARTS) is 1. The molecule has 1 amide bonds. The number of rotatable bonds is 8. The van der Waals surface area contributed by atoms with E-state index in [9.17, 15) is 9.59 Å². The lowest BCUT2D eigenvalue weighted by molar-refractivity contribution is -0.137. The van der Waals surface area contributed by atoms with Gasteiger partial charge in [-0.1, -0.05) is 55.5 Å². The molecule has 3 rings (SSSR count). The van der Waals surface area contributed by atoms with E-state index in [4.69, 9.17) is 14.6 Å². The number of carboxylic acids is 1. The summed E-state index contributed by atoms with van der Waals surface area (Å²) < 4.78 is 10.6. The molecule has 1 unspecified atom stereocenters. The molecule has 1 aliphatic rings. The number of benzene rings is 2. The summed E-state index contributed by atoms with van der Waals surface area (Å²) in [6, 6.07) is 15.6. The van der Waals surface area contributed by atoms with E-state index in [-0.39, 0.29) is 24.9 Å².